The van der Waals surface area contributed by atoms with Gasteiger partial charge < -0.3 is 0 Å². The van der Waals surface area contributed by atoms with Crippen molar-refractivity contribution in [2.75, 3.05) is 0 Å². The Morgan fingerprint density at radius 3 is 1.57 bits per heavy atom. The Bertz CT molecular complexity index is 66.1. The van der Waals surface area contributed by atoms with Gasteiger partial charge in [0.25, 0.3) is 0 Å². The third-order valence-electron chi connectivity index (χ3n) is 2.72. The Morgan fingerprint density at radius 2 is 1.29 bits per heavy atom. The molecular formula is C7H12. The van der Waals surface area contributed by atoms with Crippen LogP contribution in [-0.4, -0.2) is 0 Å². The van der Waals surface area contributed by atoms with E-state index < -0.39 is 0 Å². The minimum atomic E-state index is 1.19. The van der Waals surface area contributed by atoms with Gasteiger partial charge >= 0.3 is 0 Å². The summed E-state index contributed by atoms with van der Waals surface area (Å²) in [5, 5.41) is 0. The molecule has 0 aliphatic heterocycles. The Kier molecular flexibility index (Phi) is 0.697. The van der Waals surface area contributed by atoms with Crippen LogP contribution in [-0.2, 0) is 0 Å². The summed E-state index contributed by atoms with van der Waals surface area (Å²) in [6, 6.07) is 0. The van der Waals surface area contributed by atoms with Gasteiger partial charge in [-0.05, 0) is 24.7 Å². The van der Waals surface area contributed by atoms with Crippen molar-refractivity contribution in [3.63, 3.8) is 0 Å². The first-order valence-electron chi connectivity index (χ1n) is 3.47. The second kappa shape index (κ2) is 1.24. The third kappa shape index (κ3) is 0.427. The predicted molar refractivity (Wildman–Crippen MR) is 30.1 cm³/mol. The fourth-order valence-electron chi connectivity index (χ4n) is 2.04. The SMILES string of the molecule is C1C[C@@H]2CC[C@H]2C1. The van der Waals surface area contributed by atoms with Crippen LogP contribution in [0.25, 0.3) is 0 Å². The van der Waals surface area contributed by atoms with Gasteiger partial charge in [-0.1, -0.05) is 19.3 Å². The van der Waals surface area contributed by atoms with Crippen molar-refractivity contribution in [3.05, 3.63) is 0 Å². The third-order valence-corrected chi connectivity index (χ3v) is 2.72. The van der Waals surface area contributed by atoms with Crippen LogP contribution in [0.5, 0.6) is 0 Å². The van der Waals surface area contributed by atoms with E-state index in [-0.39, 0.29) is 0 Å². The predicted octanol–water partition coefficient (Wildman–Crippen LogP) is 2.20. The molecule has 0 spiro atoms. The maximum Gasteiger partial charge on any atom is -0.0386 e. The number of rotatable bonds is 0. The van der Waals surface area contributed by atoms with Crippen molar-refractivity contribution in [1.82, 2.24) is 0 Å². The molecule has 0 saturated heterocycles. The summed E-state index contributed by atoms with van der Waals surface area (Å²) >= 11 is 0. The van der Waals surface area contributed by atoms with Crippen LogP contribution >= 0.6 is 0 Å². The highest BCUT2D eigenvalue weighted by atomic mass is 14.4. The lowest BCUT2D eigenvalue weighted by molar-refractivity contribution is 0.219. The molecule has 2 fully saturated rings. The molecule has 7 heavy (non-hydrogen) atoms. The van der Waals surface area contributed by atoms with E-state index in [1.54, 1.807) is 25.7 Å². The van der Waals surface area contributed by atoms with E-state index >= 15 is 0 Å². The molecular weight excluding hydrogens is 84.1 g/mol. The molecule has 2 aliphatic rings. The van der Waals surface area contributed by atoms with Crippen LogP contribution in [0.3, 0.4) is 0 Å². The number of fused-ring (bicyclic) bond motifs is 1. The normalized spacial score (nSPS) is 48.0. The fourth-order valence-corrected chi connectivity index (χ4v) is 2.04. The molecule has 0 aromatic heterocycles. The van der Waals surface area contributed by atoms with E-state index in [0.717, 1.165) is 0 Å². The molecule has 2 atom stereocenters. The molecule has 0 heterocycles. The quantitative estimate of drug-likeness (QED) is 0.433. The Hall–Kier alpha value is 0. The molecule has 2 saturated carbocycles. The molecule has 2 aliphatic carbocycles. The molecule has 0 radical (unpaired) electrons. The maximum absolute atomic E-state index is 1.56. The van der Waals surface area contributed by atoms with E-state index in [0.29, 0.717) is 0 Å². The summed E-state index contributed by atoms with van der Waals surface area (Å²) in [4.78, 5) is 0. The molecule has 0 amide bonds. The molecule has 0 N–H and O–H groups in total. The highest BCUT2D eigenvalue weighted by molar-refractivity contribution is 4.85. The molecule has 0 aromatic carbocycles. The largest absolute Gasteiger partial charge is 0.0528 e. The van der Waals surface area contributed by atoms with E-state index in [9.17, 15) is 0 Å². The highest BCUT2D eigenvalue weighted by Gasteiger charge is 2.34. The summed E-state index contributed by atoms with van der Waals surface area (Å²) in [6.45, 7) is 0. The highest BCUT2D eigenvalue weighted by Crippen LogP contribution is 2.46. The van der Waals surface area contributed by atoms with Crippen LogP contribution in [0.1, 0.15) is 32.1 Å². The standard InChI is InChI=1S/C7H12/c1-2-6-4-5-7(6)3-1/h6-7H,1-5H2/t6-,7-/m1/s1. The summed E-state index contributed by atoms with van der Waals surface area (Å²) in [6.07, 6.45) is 7.78. The molecule has 40 valence electrons. The monoisotopic (exact) mass is 96.1 g/mol. The van der Waals surface area contributed by atoms with Crippen molar-refractivity contribution in [1.29, 1.82) is 0 Å². The minimum Gasteiger partial charge on any atom is -0.0528 e. The lowest BCUT2D eigenvalue weighted by atomic mass is 9.77. The Morgan fingerprint density at radius 1 is 0.714 bits per heavy atom. The lowest BCUT2D eigenvalue weighted by Crippen LogP contribution is -2.18. The lowest BCUT2D eigenvalue weighted by Gasteiger charge is -2.29. The van der Waals surface area contributed by atoms with Gasteiger partial charge in [-0.3, -0.25) is 0 Å². The maximum atomic E-state index is 1.56. The Labute approximate surface area is 44.9 Å². The fraction of sp³-hybridized carbons (Fsp3) is 1.00. The van der Waals surface area contributed by atoms with Gasteiger partial charge in [0.1, 0.15) is 0 Å². The van der Waals surface area contributed by atoms with Crippen LogP contribution in [0.2, 0.25) is 0 Å². The van der Waals surface area contributed by atoms with Crippen LogP contribution in [0.15, 0.2) is 0 Å². The van der Waals surface area contributed by atoms with Crippen molar-refractivity contribution in [3.8, 4) is 0 Å². The molecule has 0 nitrogen and oxygen atoms in total. The van der Waals surface area contributed by atoms with Gasteiger partial charge in [0.05, 0.1) is 0 Å². The molecule has 0 heteroatoms. The van der Waals surface area contributed by atoms with Crippen molar-refractivity contribution >= 4 is 0 Å². The van der Waals surface area contributed by atoms with Crippen LogP contribution in [0.4, 0.5) is 0 Å². The molecule has 0 aromatic rings. The zero-order chi connectivity index (χ0) is 4.69. The van der Waals surface area contributed by atoms with Crippen molar-refractivity contribution in [2.45, 2.75) is 32.1 Å². The van der Waals surface area contributed by atoms with Crippen molar-refractivity contribution < 1.29 is 0 Å². The number of hydrogen-bond donors (Lipinski definition) is 0. The van der Waals surface area contributed by atoms with Gasteiger partial charge in [0.15, 0.2) is 0 Å². The van der Waals surface area contributed by atoms with E-state index in [4.69, 9.17) is 0 Å². The zero-order valence-electron chi connectivity index (χ0n) is 4.69. The minimum absolute atomic E-state index is 1.19. The van der Waals surface area contributed by atoms with Gasteiger partial charge in [0, 0.05) is 0 Å². The average molecular weight is 96.2 g/mol. The van der Waals surface area contributed by atoms with Gasteiger partial charge in [-0.15, -0.1) is 0 Å². The topological polar surface area (TPSA) is 0 Å². The number of hydrogen-bond acceptors (Lipinski definition) is 0. The summed E-state index contributed by atoms with van der Waals surface area (Å²) in [5.41, 5.74) is 0. The molecule has 0 bridgehead atoms. The second-order valence-corrected chi connectivity index (χ2v) is 3.03. The smallest absolute Gasteiger partial charge is 0.0386 e. The average Bonchev–Trinajstić information content (AvgIpc) is 1.85. The van der Waals surface area contributed by atoms with Crippen LogP contribution < -0.4 is 0 Å². The van der Waals surface area contributed by atoms with E-state index in [1.807, 2.05) is 0 Å². The summed E-state index contributed by atoms with van der Waals surface area (Å²) in [5.74, 6) is 2.39. The first-order valence-corrected chi connectivity index (χ1v) is 3.47. The van der Waals surface area contributed by atoms with Gasteiger partial charge in [-0.2, -0.15) is 0 Å². The first kappa shape index (κ1) is 3.94. The zero-order valence-corrected chi connectivity index (χ0v) is 4.69. The Balaban J connectivity index is 2.03. The van der Waals surface area contributed by atoms with E-state index in [2.05, 4.69) is 0 Å². The van der Waals surface area contributed by atoms with Crippen molar-refractivity contribution in [2.24, 2.45) is 11.8 Å². The second-order valence-electron chi connectivity index (χ2n) is 3.03. The summed E-state index contributed by atoms with van der Waals surface area (Å²) in [7, 11) is 0. The van der Waals surface area contributed by atoms with Crippen LogP contribution in [0, 0.1) is 11.8 Å². The van der Waals surface area contributed by atoms with E-state index in [1.165, 1.54) is 18.3 Å². The first-order chi connectivity index (χ1) is 3.47. The molecule has 2 rings (SSSR count). The summed E-state index contributed by atoms with van der Waals surface area (Å²) < 4.78 is 0. The van der Waals surface area contributed by atoms with Gasteiger partial charge in [-0.25, -0.2) is 0 Å². The molecule has 0 unspecified atom stereocenters. The van der Waals surface area contributed by atoms with Gasteiger partial charge in [0.2, 0.25) is 0 Å².